The predicted molar refractivity (Wildman–Crippen MR) is 91.2 cm³/mol. The van der Waals surface area contributed by atoms with Crippen LogP contribution in [0, 0.1) is 0 Å². The summed E-state index contributed by atoms with van der Waals surface area (Å²) < 4.78 is 17.3. The molecule has 2 heterocycles. The highest BCUT2D eigenvalue weighted by Crippen LogP contribution is 2.24. The molecule has 0 aromatic heterocycles. The quantitative estimate of drug-likeness (QED) is 0.828. The molecule has 6 heteroatoms. The summed E-state index contributed by atoms with van der Waals surface area (Å²) in [6.45, 7) is 8.94. The van der Waals surface area contributed by atoms with E-state index in [1.165, 1.54) is 5.56 Å². The van der Waals surface area contributed by atoms with E-state index in [4.69, 9.17) is 14.2 Å². The van der Waals surface area contributed by atoms with Gasteiger partial charge in [0.1, 0.15) is 11.4 Å². The summed E-state index contributed by atoms with van der Waals surface area (Å²) in [5.41, 5.74) is 1.78. The number of nitrogens with zero attached hydrogens (tertiary/aromatic N) is 1. The molecule has 1 aromatic rings. The second kappa shape index (κ2) is 8.27. The van der Waals surface area contributed by atoms with Gasteiger partial charge in [-0.1, -0.05) is 6.07 Å². The van der Waals surface area contributed by atoms with Gasteiger partial charge in [0.2, 0.25) is 0 Å². The Hall–Kier alpha value is -1.18. The molecule has 0 bridgehead atoms. The summed E-state index contributed by atoms with van der Waals surface area (Å²) in [6, 6.07) is 6.07. The lowest BCUT2D eigenvalue weighted by Crippen LogP contribution is -2.57. The van der Waals surface area contributed by atoms with Gasteiger partial charge in [-0.15, -0.1) is 0 Å². The Bertz CT molecular complexity index is 530. The highest BCUT2D eigenvalue weighted by molar-refractivity contribution is 5.37. The van der Waals surface area contributed by atoms with Gasteiger partial charge in [-0.3, -0.25) is 4.90 Å². The number of ether oxygens (including phenoxy) is 3. The van der Waals surface area contributed by atoms with Crippen molar-refractivity contribution in [2.45, 2.75) is 25.7 Å². The monoisotopic (exact) mass is 336 g/mol. The number of hydrogen-bond acceptors (Lipinski definition) is 6. The van der Waals surface area contributed by atoms with Crippen LogP contribution in [0.15, 0.2) is 18.2 Å². The second-order valence-corrected chi connectivity index (χ2v) is 6.50. The first kappa shape index (κ1) is 17.6. The fourth-order valence-electron chi connectivity index (χ4n) is 3.43. The summed E-state index contributed by atoms with van der Waals surface area (Å²) >= 11 is 0. The SMILES string of the molecule is CCOc1ccc(CN2CCO[C@@]3(CNCCOC3)C2)cc1CO. The van der Waals surface area contributed by atoms with Gasteiger partial charge in [0.05, 0.1) is 33.0 Å². The molecule has 1 atom stereocenters. The fraction of sp³-hybridized carbons (Fsp3) is 0.667. The van der Waals surface area contributed by atoms with E-state index in [0.29, 0.717) is 13.2 Å². The zero-order valence-corrected chi connectivity index (χ0v) is 14.4. The molecule has 0 radical (unpaired) electrons. The van der Waals surface area contributed by atoms with Crippen LogP contribution >= 0.6 is 0 Å². The Morgan fingerprint density at radius 3 is 3.12 bits per heavy atom. The highest BCUT2D eigenvalue weighted by atomic mass is 16.5. The third-order valence-electron chi connectivity index (χ3n) is 4.56. The Labute approximate surface area is 143 Å². The number of aliphatic hydroxyl groups excluding tert-OH is 1. The van der Waals surface area contributed by atoms with Crippen molar-refractivity contribution < 1.29 is 19.3 Å². The van der Waals surface area contributed by atoms with Crippen molar-refractivity contribution in [2.24, 2.45) is 0 Å². The van der Waals surface area contributed by atoms with Crippen LogP contribution in [0.4, 0.5) is 0 Å². The molecule has 0 amide bonds. The zero-order chi connectivity index (χ0) is 16.8. The predicted octanol–water partition coefficient (Wildman–Crippen LogP) is 0.768. The van der Waals surface area contributed by atoms with Gasteiger partial charge in [-0.2, -0.15) is 0 Å². The van der Waals surface area contributed by atoms with Crippen molar-refractivity contribution in [2.75, 3.05) is 52.6 Å². The van der Waals surface area contributed by atoms with E-state index in [9.17, 15) is 5.11 Å². The molecule has 2 aliphatic rings. The first-order valence-electron chi connectivity index (χ1n) is 8.75. The van der Waals surface area contributed by atoms with Gasteiger partial charge in [0.25, 0.3) is 0 Å². The van der Waals surface area contributed by atoms with Crippen molar-refractivity contribution >= 4 is 0 Å². The van der Waals surface area contributed by atoms with Crippen LogP contribution in [0.5, 0.6) is 5.75 Å². The average Bonchev–Trinajstić information content (AvgIpc) is 2.82. The van der Waals surface area contributed by atoms with Gasteiger partial charge >= 0.3 is 0 Å². The molecule has 0 unspecified atom stereocenters. The van der Waals surface area contributed by atoms with E-state index in [2.05, 4.69) is 16.3 Å². The van der Waals surface area contributed by atoms with Crippen LogP contribution in [0.25, 0.3) is 0 Å². The van der Waals surface area contributed by atoms with E-state index in [0.717, 1.165) is 57.3 Å². The molecule has 1 aromatic carbocycles. The molecule has 0 aliphatic carbocycles. The topological polar surface area (TPSA) is 63.2 Å². The first-order chi connectivity index (χ1) is 11.7. The van der Waals surface area contributed by atoms with Crippen LogP contribution in [-0.4, -0.2) is 68.2 Å². The molecule has 2 N–H and O–H groups in total. The second-order valence-electron chi connectivity index (χ2n) is 6.50. The maximum atomic E-state index is 9.57. The van der Waals surface area contributed by atoms with Gasteiger partial charge in [-0.05, 0) is 24.6 Å². The molecule has 134 valence electrons. The standard InChI is InChI=1S/C18H28N2O4/c1-2-23-17-4-3-15(9-16(17)11-21)10-20-6-8-24-18(13-20)12-19-5-7-22-14-18/h3-4,9,19,21H,2,5-8,10-14H2,1H3/t18-/m0/s1. The van der Waals surface area contributed by atoms with E-state index in [1.807, 2.05) is 19.1 Å². The van der Waals surface area contributed by atoms with Crippen LogP contribution in [0.2, 0.25) is 0 Å². The number of morpholine rings is 1. The lowest BCUT2D eigenvalue weighted by atomic mass is 10.0. The van der Waals surface area contributed by atoms with E-state index < -0.39 is 0 Å². The summed E-state index contributed by atoms with van der Waals surface area (Å²) in [6.07, 6.45) is 0. The van der Waals surface area contributed by atoms with Crippen molar-refractivity contribution in [1.82, 2.24) is 10.2 Å². The number of rotatable bonds is 5. The lowest BCUT2D eigenvalue weighted by Gasteiger charge is -2.42. The largest absolute Gasteiger partial charge is 0.494 e. The Morgan fingerprint density at radius 2 is 2.29 bits per heavy atom. The minimum absolute atomic E-state index is 0.00597. The molecule has 2 saturated heterocycles. The van der Waals surface area contributed by atoms with Gasteiger partial charge in [0.15, 0.2) is 0 Å². The Morgan fingerprint density at radius 1 is 1.38 bits per heavy atom. The lowest BCUT2D eigenvalue weighted by molar-refractivity contribution is -0.135. The van der Waals surface area contributed by atoms with Crippen molar-refractivity contribution in [3.63, 3.8) is 0 Å². The Kier molecular flexibility index (Phi) is 6.08. The summed E-state index contributed by atoms with van der Waals surface area (Å²) in [5, 5.41) is 13.0. The first-order valence-corrected chi connectivity index (χ1v) is 8.75. The summed E-state index contributed by atoms with van der Waals surface area (Å²) in [7, 11) is 0. The van der Waals surface area contributed by atoms with Crippen molar-refractivity contribution in [3.8, 4) is 5.75 Å². The molecule has 0 saturated carbocycles. The highest BCUT2D eigenvalue weighted by Gasteiger charge is 2.37. The molecule has 6 nitrogen and oxygen atoms in total. The summed E-state index contributed by atoms with van der Waals surface area (Å²) in [4.78, 5) is 2.40. The molecule has 2 fully saturated rings. The summed E-state index contributed by atoms with van der Waals surface area (Å²) in [5.74, 6) is 0.767. The molecular formula is C18H28N2O4. The average molecular weight is 336 g/mol. The minimum atomic E-state index is -0.250. The maximum Gasteiger partial charge on any atom is 0.124 e. The van der Waals surface area contributed by atoms with E-state index in [-0.39, 0.29) is 12.2 Å². The van der Waals surface area contributed by atoms with Crippen LogP contribution < -0.4 is 10.1 Å². The minimum Gasteiger partial charge on any atom is -0.494 e. The molecule has 1 spiro atoms. The number of nitrogens with one attached hydrogen (secondary N) is 1. The van der Waals surface area contributed by atoms with Gasteiger partial charge < -0.3 is 24.6 Å². The number of hydrogen-bond donors (Lipinski definition) is 2. The third kappa shape index (κ3) is 4.26. The van der Waals surface area contributed by atoms with Gasteiger partial charge in [-0.25, -0.2) is 0 Å². The van der Waals surface area contributed by atoms with E-state index >= 15 is 0 Å². The molecule has 3 rings (SSSR count). The van der Waals surface area contributed by atoms with Crippen LogP contribution in [-0.2, 0) is 22.6 Å². The third-order valence-corrected chi connectivity index (χ3v) is 4.56. The maximum absolute atomic E-state index is 9.57. The van der Waals surface area contributed by atoms with E-state index in [1.54, 1.807) is 0 Å². The smallest absolute Gasteiger partial charge is 0.124 e. The molecule has 24 heavy (non-hydrogen) atoms. The molecular weight excluding hydrogens is 308 g/mol. The number of benzene rings is 1. The van der Waals surface area contributed by atoms with Crippen molar-refractivity contribution in [3.05, 3.63) is 29.3 Å². The Balaban J connectivity index is 1.66. The van der Waals surface area contributed by atoms with Crippen LogP contribution in [0.3, 0.4) is 0 Å². The fourth-order valence-corrected chi connectivity index (χ4v) is 3.43. The molecule has 2 aliphatic heterocycles. The van der Waals surface area contributed by atoms with Crippen molar-refractivity contribution in [1.29, 1.82) is 0 Å². The zero-order valence-electron chi connectivity index (χ0n) is 14.4. The normalized spacial score (nSPS) is 25.6. The number of aliphatic hydroxyl groups is 1. The van der Waals surface area contributed by atoms with Crippen LogP contribution in [0.1, 0.15) is 18.1 Å². The van der Waals surface area contributed by atoms with Gasteiger partial charge in [0, 0.05) is 38.3 Å².